The van der Waals surface area contributed by atoms with Gasteiger partial charge in [-0.15, -0.1) is 0 Å². The number of rotatable bonds is 2. The molecule has 1 aromatic carbocycles. The third-order valence-corrected chi connectivity index (χ3v) is 3.49. The summed E-state index contributed by atoms with van der Waals surface area (Å²) < 4.78 is 5.24. The van der Waals surface area contributed by atoms with Gasteiger partial charge in [0.05, 0.1) is 15.7 Å². The summed E-state index contributed by atoms with van der Waals surface area (Å²) in [5, 5.41) is 4.60. The van der Waals surface area contributed by atoms with E-state index in [1.807, 2.05) is 25.1 Å². The Kier molecular flexibility index (Phi) is 3.53. The zero-order valence-electron chi connectivity index (χ0n) is 11.0. The number of hydrogen-bond acceptors (Lipinski definition) is 5. The van der Waals surface area contributed by atoms with E-state index in [-0.39, 0.29) is 0 Å². The number of hydrogen-bond donors (Lipinski definition) is 1. The maximum atomic E-state index is 6.00. The van der Waals surface area contributed by atoms with Gasteiger partial charge in [-0.3, -0.25) is 0 Å². The van der Waals surface area contributed by atoms with Crippen molar-refractivity contribution in [2.75, 3.05) is 5.73 Å². The largest absolute Gasteiger partial charge is 0.396 e. The van der Waals surface area contributed by atoms with Crippen molar-refractivity contribution in [3.8, 4) is 23.0 Å². The van der Waals surface area contributed by atoms with Crippen molar-refractivity contribution < 1.29 is 4.52 Å². The molecule has 0 aliphatic heterocycles. The van der Waals surface area contributed by atoms with Crippen LogP contribution < -0.4 is 5.73 Å². The predicted molar refractivity (Wildman–Crippen MR) is 82.1 cm³/mol. The van der Waals surface area contributed by atoms with Crippen LogP contribution in [0.1, 0.15) is 5.69 Å². The second kappa shape index (κ2) is 5.35. The molecule has 0 saturated carbocycles. The molecule has 0 unspecified atom stereocenters. The summed E-state index contributed by atoms with van der Waals surface area (Å²) >= 11 is 12.0. The van der Waals surface area contributed by atoms with Gasteiger partial charge in [0.15, 0.2) is 0 Å². The van der Waals surface area contributed by atoms with Crippen LogP contribution in [0.25, 0.3) is 23.0 Å². The average molecular weight is 321 g/mol. The van der Waals surface area contributed by atoms with E-state index in [9.17, 15) is 0 Å². The number of pyridine rings is 1. The van der Waals surface area contributed by atoms with Gasteiger partial charge >= 0.3 is 0 Å². The Balaban J connectivity index is 2.02. The Hall–Kier alpha value is -2.11. The minimum Gasteiger partial charge on any atom is -0.396 e. The Labute approximate surface area is 130 Å². The number of nitrogens with two attached hydrogens (primary N) is 1. The number of anilines is 1. The van der Waals surface area contributed by atoms with E-state index < -0.39 is 0 Å². The van der Waals surface area contributed by atoms with Gasteiger partial charge in [0.2, 0.25) is 5.82 Å². The molecule has 0 saturated heterocycles. The Bertz CT molecular complexity index is 793. The third kappa shape index (κ3) is 2.70. The normalized spacial score (nSPS) is 10.8. The SMILES string of the molecule is Cc1cccc(-c2noc(-c3cc(Cl)c(N)c(Cl)c3)n2)n1. The molecule has 0 aliphatic rings. The first kappa shape index (κ1) is 13.9. The molecule has 2 N–H and O–H groups in total. The Morgan fingerprint density at radius 2 is 1.81 bits per heavy atom. The lowest BCUT2D eigenvalue weighted by atomic mass is 10.2. The molecule has 3 rings (SSSR count). The standard InChI is InChI=1S/C14H10Cl2N4O/c1-7-3-2-4-11(18-7)13-19-14(21-20-13)8-5-9(15)12(17)10(16)6-8/h2-6H,17H2,1H3. The van der Waals surface area contributed by atoms with Crippen molar-refractivity contribution in [1.82, 2.24) is 15.1 Å². The van der Waals surface area contributed by atoms with Gasteiger partial charge < -0.3 is 10.3 Å². The Morgan fingerprint density at radius 3 is 2.48 bits per heavy atom. The van der Waals surface area contributed by atoms with Gasteiger partial charge in [-0.05, 0) is 31.2 Å². The maximum Gasteiger partial charge on any atom is 0.258 e. The molecule has 2 heterocycles. The molecule has 3 aromatic rings. The van der Waals surface area contributed by atoms with Crippen LogP contribution in [0.4, 0.5) is 5.69 Å². The third-order valence-electron chi connectivity index (χ3n) is 2.87. The first-order valence-electron chi connectivity index (χ1n) is 6.07. The van der Waals surface area contributed by atoms with Gasteiger partial charge in [0, 0.05) is 11.3 Å². The van der Waals surface area contributed by atoms with Crippen LogP contribution in [-0.2, 0) is 0 Å². The van der Waals surface area contributed by atoms with E-state index in [1.165, 1.54) is 0 Å². The van der Waals surface area contributed by atoms with E-state index in [2.05, 4.69) is 15.1 Å². The summed E-state index contributed by atoms with van der Waals surface area (Å²) in [7, 11) is 0. The second-order valence-corrected chi connectivity index (χ2v) is 5.26. The van der Waals surface area contributed by atoms with Crippen LogP contribution >= 0.6 is 23.2 Å². The highest BCUT2D eigenvalue weighted by molar-refractivity contribution is 6.39. The van der Waals surface area contributed by atoms with Crippen molar-refractivity contribution in [3.05, 3.63) is 46.1 Å². The lowest BCUT2D eigenvalue weighted by molar-refractivity contribution is 0.432. The lowest BCUT2D eigenvalue weighted by Gasteiger charge is -2.02. The van der Waals surface area contributed by atoms with E-state index in [0.29, 0.717) is 38.7 Å². The fourth-order valence-electron chi connectivity index (χ4n) is 1.82. The molecule has 21 heavy (non-hydrogen) atoms. The molecule has 0 atom stereocenters. The smallest absolute Gasteiger partial charge is 0.258 e. The molecule has 0 fully saturated rings. The minimum atomic E-state index is 0.303. The molecule has 2 aromatic heterocycles. The average Bonchev–Trinajstić information content (AvgIpc) is 2.94. The summed E-state index contributed by atoms with van der Waals surface area (Å²) in [6.07, 6.45) is 0. The van der Waals surface area contributed by atoms with Gasteiger partial charge in [-0.25, -0.2) is 4.98 Å². The summed E-state index contributed by atoms with van der Waals surface area (Å²) in [6, 6.07) is 8.84. The maximum absolute atomic E-state index is 6.00. The van der Waals surface area contributed by atoms with Crippen LogP contribution in [0.2, 0.25) is 10.0 Å². The van der Waals surface area contributed by atoms with Crippen LogP contribution in [0.3, 0.4) is 0 Å². The van der Waals surface area contributed by atoms with Gasteiger partial charge in [0.25, 0.3) is 5.89 Å². The van der Waals surface area contributed by atoms with Gasteiger partial charge in [-0.2, -0.15) is 4.98 Å². The lowest BCUT2D eigenvalue weighted by Crippen LogP contribution is -1.90. The topological polar surface area (TPSA) is 77.8 Å². The van der Waals surface area contributed by atoms with Crippen molar-refractivity contribution in [2.24, 2.45) is 0 Å². The number of benzene rings is 1. The fraction of sp³-hybridized carbons (Fsp3) is 0.0714. The molecule has 0 amide bonds. The number of nitrogen functional groups attached to an aromatic ring is 1. The van der Waals surface area contributed by atoms with Crippen LogP contribution in [0, 0.1) is 6.92 Å². The highest BCUT2D eigenvalue weighted by atomic mass is 35.5. The monoisotopic (exact) mass is 320 g/mol. The molecule has 7 heteroatoms. The first-order valence-corrected chi connectivity index (χ1v) is 6.83. The highest BCUT2D eigenvalue weighted by Crippen LogP contribution is 2.33. The van der Waals surface area contributed by atoms with Gasteiger partial charge in [-0.1, -0.05) is 34.4 Å². The number of halogens is 2. The second-order valence-electron chi connectivity index (χ2n) is 4.44. The van der Waals surface area contributed by atoms with Crippen LogP contribution in [0.15, 0.2) is 34.9 Å². The summed E-state index contributed by atoms with van der Waals surface area (Å²) in [5.74, 6) is 0.704. The van der Waals surface area contributed by atoms with Gasteiger partial charge in [0.1, 0.15) is 5.69 Å². The van der Waals surface area contributed by atoms with E-state index in [1.54, 1.807) is 12.1 Å². The molecule has 5 nitrogen and oxygen atoms in total. The summed E-state index contributed by atoms with van der Waals surface area (Å²) in [4.78, 5) is 8.65. The van der Waals surface area contributed by atoms with E-state index in [4.69, 9.17) is 33.5 Å². The van der Waals surface area contributed by atoms with Crippen LogP contribution in [0.5, 0.6) is 0 Å². The van der Waals surface area contributed by atoms with Crippen molar-refractivity contribution in [3.63, 3.8) is 0 Å². The highest BCUT2D eigenvalue weighted by Gasteiger charge is 2.14. The first-order chi connectivity index (χ1) is 10.0. The molecule has 106 valence electrons. The van der Waals surface area contributed by atoms with Crippen LogP contribution in [-0.4, -0.2) is 15.1 Å². The molecule has 0 bridgehead atoms. The fourth-order valence-corrected chi connectivity index (χ4v) is 2.31. The minimum absolute atomic E-state index is 0.303. The predicted octanol–water partition coefficient (Wildman–Crippen LogP) is 4.00. The zero-order valence-corrected chi connectivity index (χ0v) is 12.5. The summed E-state index contributed by atoms with van der Waals surface area (Å²) in [5.41, 5.74) is 8.13. The molecule has 0 aliphatic carbocycles. The number of nitrogens with zero attached hydrogens (tertiary/aromatic N) is 3. The van der Waals surface area contributed by atoms with E-state index >= 15 is 0 Å². The number of aryl methyl sites for hydroxylation is 1. The number of aromatic nitrogens is 3. The molecule has 0 spiro atoms. The Morgan fingerprint density at radius 1 is 1.10 bits per heavy atom. The molecular weight excluding hydrogens is 311 g/mol. The van der Waals surface area contributed by atoms with Crippen molar-refractivity contribution in [1.29, 1.82) is 0 Å². The summed E-state index contributed by atoms with van der Waals surface area (Å²) in [6.45, 7) is 1.89. The quantitative estimate of drug-likeness (QED) is 0.722. The van der Waals surface area contributed by atoms with Crippen molar-refractivity contribution in [2.45, 2.75) is 6.92 Å². The molecule has 0 radical (unpaired) electrons. The van der Waals surface area contributed by atoms with E-state index in [0.717, 1.165) is 5.69 Å². The van der Waals surface area contributed by atoms with Crippen molar-refractivity contribution >= 4 is 28.9 Å². The molecular formula is C14H10Cl2N4O. The zero-order chi connectivity index (χ0) is 15.0.